The van der Waals surface area contributed by atoms with Crippen molar-refractivity contribution in [2.45, 2.75) is 23.3 Å². The van der Waals surface area contributed by atoms with Gasteiger partial charge in [0.1, 0.15) is 6.04 Å². The van der Waals surface area contributed by atoms with Crippen molar-refractivity contribution in [2.75, 3.05) is 17.3 Å². The largest absolute Gasteiger partial charge is 0.373 e. The molecular weight excluding hydrogens is 402 g/mol. The van der Waals surface area contributed by atoms with Crippen LogP contribution < -0.4 is 21.2 Å². The third-order valence-electron chi connectivity index (χ3n) is 4.83. The summed E-state index contributed by atoms with van der Waals surface area (Å²) in [6, 6.07) is 11.0. The van der Waals surface area contributed by atoms with E-state index in [4.69, 9.17) is 16.7 Å². The van der Waals surface area contributed by atoms with Crippen molar-refractivity contribution in [3.63, 3.8) is 0 Å². The Hall–Kier alpha value is -2.62. The summed E-state index contributed by atoms with van der Waals surface area (Å²) in [7, 11) is -3.75. The van der Waals surface area contributed by atoms with Gasteiger partial charge in [0.2, 0.25) is 15.9 Å². The van der Waals surface area contributed by atoms with E-state index in [0.29, 0.717) is 23.7 Å². The first-order valence-electron chi connectivity index (χ1n) is 8.62. The molecule has 2 atom stereocenters. The lowest BCUT2D eigenvalue weighted by Crippen LogP contribution is -2.39. The number of halogens is 1. The third kappa shape index (κ3) is 3.56. The highest BCUT2D eigenvalue weighted by Gasteiger charge is 2.41. The summed E-state index contributed by atoms with van der Waals surface area (Å²) in [4.78, 5) is 12.5. The predicted molar refractivity (Wildman–Crippen MR) is 108 cm³/mol. The SMILES string of the molecule is NS(=O)(=O)c1ccc(N/N=C2\CCNC(=O)C3Nc4ccc(Cl)cc4C23)cc1. The van der Waals surface area contributed by atoms with Gasteiger partial charge in [-0.1, -0.05) is 11.6 Å². The molecule has 2 heterocycles. The van der Waals surface area contributed by atoms with Crippen molar-refractivity contribution in [1.82, 2.24) is 5.32 Å². The van der Waals surface area contributed by atoms with Crippen LogP contribution in [0.5, 0.6) is 0 Å². The summed E-state index contributed by atoms with van der Waals surface area (Å²) in [5.74, 6) is -0.326. The van der Waals surface area contributed by atoms with E-state index in [0.717, 1.165) is 17.0 Å². The van der Waals surface area contributed by atoms with Gasteiger partial charge in [-0.25, -0.2) is 13.6 Å². The Morgan fingerprint density at radius 1 is 1.18 bits per heavy atom. The fraction of sp³-hybridized carbons (Fsp3) is 0.222. The number of sulfonamides is 1. The molecule has 146 valence electrons. The van der Waals surface area contributed by atoms with Crippen LogP contribution in [-0.2, 0) is 14.8 Å². The third-order valence-corrected chi connectivity index (χ3v) is 5.99. The number of carbonyl (C=O) groups excluding carboxylic acids is 1. The van der Waals surface area contributed by atoms with Gasteiger partial charge in [-0.3, -0.25) is 10.2 Å². The van der Waals surface area contributed by atoms with Gasteiger partial charge in [-0.05, 0) is 48.0 Å². The van der Waals surface area contributed by atoms with Crippen LogP contribution in [0.25, 0.3) is 0 Å². The summed E-state index contributed by atoms with van der Waals surface area (Å²) in [6.45, 7) is 0.480. The molecule has 1 amide bonds. The second-order valence-electron chi connectivity index (χ2n) is 6.66. The Morgan fingerprint density at radius 3 is 2.64 bits per heavy atom. The highest BCUT2D eigenvalue weighted by atomic mass is 35.5. The molecule has 2 aromatic rings. The molecule has 0 bridgehead atoms. The molecule has 2 aliphatic rings. The van der Waals surface area contributed by atoms with Gasteiger partial charge in [0.05, 0.1) is 22.2 Å². The van der Waals surface area contributed by atoms with Crippen molar-refractivity contribution >= 4 is 44.6 Å². The van der Waals surface area contributed by atoms with Crippen LogP contribution in [0.2, 0.25) is 5.02 Å². The van der Waals surface area contributed by atoms with Crippen LogP contribution >= 0.6 is 11.6 Å². The zero-order valence-corrected chi connectivity index (χ0v) is 16.2. The second kappa shape index (κ2) is 7.08. The molecule has 28 heavy (non-hydrogen) atoms. The van der Waals surface area contributed by atoms with E-state index in [1.54, 1.807) is 18.2 Å². The number of hydrogen-bond acceptors (Lipinski definition) is 6. The van der Waals surface area contributed by atoms with E-state index >= 15 is 0 Å². The van der Waals surface area contributed by atoms with Gasteiger partial charge in [-0.2, -0.15) is 5.10 Å². The number of nitrogens with one attached hydrogen (secondary N) is 3. The van der Waals surface area contributed by atoms with Crippen LogP contribution in [0.4, 0.5) is 11.4 Å². The molecule has 0 aromatic heterocycles. The maximum Gasteiger partial charge on any atom is 0.243 e. The van der Waals surface area contributed by atoms with Crippen LogP contribution in [0.3, 0.4) is 0 Å². The van der Waals surface area contributed by atoms with Crippen LogP contribution in [0.15, 0.2) is 52.5 Å². The highest BCUT2D eigenvalue weighted by molar-refractivity contribution is 7.89. The Balaban J connectivity index is 1.64. The zero-order chi connectivity index (χ0) is 19.9. The Morgan fingerprint density at radius 2 is 1.93 bits per heavy atom. The number of rotatable bonds is 3. The molecule has 0 aliphatic carbocycles. The lowest BCUT2D eigenvalue weighted by Gasteiger charge is -2.17. The highest BCUT2D eigenvalue weighted by Crippen LogP contribution is 2.40. The number of benzene rings is 2. The van der Waals surface area contributed by atoms with Crippen molar-refractivity contribution in [3.8, 4) is 0 Å². The zero-order valence-electron chi connectivity index (χ0n) is 14.6. The van der Waals surface area contributed by atoms with E-state index in [9.17, 15) is 13.2 Å². The van der Waals surface area contributed by atoms with Gasteiger partial charge in [0.25, 0.3) is 0 Å². The van der Waals surface area contributed by atoms with E-state index in [1.165, 1.54) is 12.1 Å². The number of amides is 1. The van der Waals surface area contributed by atoms with Crippen molar-refractivity contribution in [1.29, 1.82) is 0 Å². The van der Waals surface area contributed by atoms with E-state index < -0.39 is 16.1 Å². The first-order valence-corrected chi connectivity index (χ1v) is 10.5. The number of anilines is 2. The number of hydrazone groups is 1. The fourth-order valence-corrected chi connectivity index (χ4v) is 4.20. The average Bonchev–Trinajstić information content (AvgIpc) is 2.95. The normalized spacial score (nSPS) is 22.6. The minimum absolute atomic E-state index is 0.0265. The van der Waals surface area contributed by atoms with Crippen LogP contribution in [0.1, 0.15) is 17.9 Å². The molecule has 0 saturated carbocycles. The van der Waals surface area contributed by atoms with Crippen LogP contribution in [0, 0.1) is 0 Å². The van der Waals surface area contributed by atoms with Gasteiger partial charge in [-0.15, -0.1) is 0 Å². The number of carbonyl (C=O) groups is 1. The lowest BCUT2D eigenvalue weighted by atomic mass is 9.89. The number of fused-ring (bicyclic) bond motifs is 3. The Bertz CT molecular complexity index is 1070. The predicted octanol–water partition coefficient (Wildman–Crippen LogP) is 1.85. The molecule has 0 spiro atoms. The minimum atomic E-state index is -3.75. The van der Waals surface area contributed by atoms with E-state index in [1.807, 2.05) is 12.1 Å². The molecule has 0 radical (unpaired) electrons. The molecule has 2 unspecified atom stereocenters. The quantitative estimate of drug-likeness (QED) is 0.565. The standard InChI is InChI=1S/C18H18ClN5O3S/c19-10-1-6-14-13(9-10)16-15(7-8-21-18(25)17(16)22-14)24-23-11-2-4-12(5-3-11)28(20,26)27/h1-6,9,16-17,22-23H,7-8H2,(H,21,25)(H2,20,26,27)/b24-15+. The molecule has 5 N–H and O–H groups in total. The molecule has 2 aliphatic heterocycles. The summed E-state index contributed by atoms with van der Waals surface area (Å²) < 4.78 is 22.7. The number of primary sulfonamides is 1. The summed E-state index contributed by atoms with van der Waals surface area (Å²) in [6.07, 6.45) is 0.572. The topological polar surface area (TPSA) is 126 Å². The second-order valence-corrected chi connectivity index (χ2v) is 8.65. The summed E-state index contributed by atoms with van der Waals surface area (Å²) in [5, 5.41) is 16.4. The lowest BCUT2D eigenvalue weighted by molar-refractivity contribution is -0.121. The monoisotopic (exact) mass is 419 g/mol. The van der Waals surface area contributed by atoms with E-state index in [-0.39, 0.29) is 16.7 Å². The minimum Gasteiger partial charge on any atom is -0.373 e. The molecule has 1 saturated heterocycles. The van der Waals surface area contributed by atoms with Crippen molar-refractivity contribution in [3.05, 3.63) is 53.1 Å². The fourth-order valence-electron chi connectivity index (χ4n) is 3.50. The van der Waals surface area contributed by atoms with Gasteiger partial charge < -0.3 is 10.6 Å². The number of nitrogens with zero attached hydrogens (tertiary/aromatic N) is 1. The molecule has 1 fully saturated rings. The number of hydrogen-bond donors (Lipinski definition) is 4. The first-order chi connectivity index (χ1) is 13.3. The molecule has 4 rings (SSSR count). The van der Waals surface area contributed by atoms with E-state index in [2.05, 4.69) is 21.2 Å². The smallest absolute Gasteiger partial charge is 0.243 e. The summed E-state index contributed by atoms with van der Waals surface area (Å²) >= 11 is 6.16. The molecular formula is C18H18ClN5O3S. The maximum atomic E-state index is 12.4. The van der Waals surface area contributed by atoms with Gasteiger partial charge >= 0.3 is 0 Å². The maximum absolute atomic E-state index is 12.4. The van der Waals surface area contributed by atoms with Gasteiger partial charge in [0, 0.05) is 23.7 Å². The summed E-state index contributed by atoms with van der Waals surface area (Å²) in [5.41, 5.74) is 6.15. The molecule has 2 aromatic carbocycles. The van der Waals surface area contributed by atoms with Crippen molar-refractivity contribution < 1.29 is 13.2 Å². The molecule has 8 nitrogen and oxygen atoms in total. The van der Waals surface area contributed by atoms with Crippen LogP contribution in [-0.4, -0.2) is 32.6 Å². The first kappa shape index (κ1) is 18.7. The van der Waals surface area contributed by atoms with Crippen molar-refractivity contribution in [2.24, 2.45) is 10.2 Å². The Kier molecular flexibility index (Phi) is 4.74. The van der Waals surface area contributed by atoms with Gasteiger partial charge in [0.15, 0.2) is 0 Å². The Labute approximate surface area is 167 Å². The average molecular weight is 420 g/mol. The number of nitrogens with two attached hydrogens (primary N) is 1. The molecule has 10 heteroatoms.